The summed E-state index contributed by atoms with van der Waals surface area (Å²) in [7, 11) is -121. The fraction of sp³-hybridized carbons (Fsp3) is 1.00. The van der Waals surface area contributed by atoms with Crippen molar-refractivity contribution >= 4 is 254 Å². The second-order valence-corrected chi connectivity index (χ2v) is 165. The molecular formula is C7H28O29Si32. The lowest BCUT2D eigenvalue weighted by Crippen LogP contribution is -2.58. The van der Waals surface area contributed by atoms with Crippen molar-refractivity contribution in [2.75, 3.05) is 0 Å². The molecule has 0 aromatic heterocycles. The Bertz CT molecular complexity index is 2610. The summed E-state index contributed by atoms with van der Waals surface area (Å²) >= 11 is 0. The highest BCUT2D eigenvalue weighted by Gasteiger charge is 2.57. The largest absolute Gasteiger partial charge is 0.460 e. The minimum Gasteiger partial charge on any atom is -0.460 e. The van der Waals surface area contributed by atoms with E-state index in [1.165, 1.54) is 13.1 Å². The van der Waals surface area contributed by atoms with E-state index in [-0.39, 0.29) is 0 Å². The molecular weight excluding hydrogens is 1450 g/mol. The van der Waals surface area contributed by atoms with Crippen LogP contribution in [0.2, 0.25) is 45.8 Å². The van der Waals surface area contributed by atoms with E-state index in [9.17, 15) is 116 Å². The Balaban J connectivity index is 5.70. The molecule has 1 atom stereocenters. The van der Waals surface area contributed by atoms with Gasteiger partial charge in [0.25, 0.3) is 0 Å². The van der Waals surface area contributed by atoms with Crippen molar-refractivity contribution in [2.45, 2.75) is 45.8 Å². The second kappa shape index (κ2) is 31.6. The standard InChI is InChI=1S/C7H28O29Si32/c1-39(2)34-37-42(8)45(11)48(14)47(13)44(10)41(5)35-38-43(9)46(12)49(15)50(16)51(17)52(18)53(19)54(20)55(21)56(22)57(23)58(24)59(25)60(26)61(27)62(28)63(29)64(30)65(31)66(32)67(33)68(6,7)36-40(3)4/h39-41H,37-38H2,1-7H3. The van der Waals surface area contributed by atoms with Gasteiger partial charge in [-0.2, -0.15) is 0 Å². The van der Waals surface area contributed by atoms with Gasteiger partial charge in [-0.3, -0.25) is 0 Å². The minimum absolute atomic E-state index is 1.14. The van der Waals surface area contributed by atoms with Crippen molar-refractivity contribution in [1.29, 1.82) is 0 Å². The molecule has 0 rings (SSSR count). The van der Waals surface area contributed by atoms with E-state index in [2.05, 4.69) is 0 Å². The highest BCUT2D eigenvalue weighted by molar-refractivity contribution is 7.83. The zero-order valence-electron chi connectivity index (χ0n) is 35.5. The van der Waals surface area contributed by atoms with Crippen molar-refractivity contribution in [1.82, 2.24) is 0 Å². The monoisotopic (exact) mass is 1470 g/mol. The molecule has 0 bridgehead atoms. The molecule has 0 aromatic carbocycles. The molecule has 61 heteroatoms. The van der Waals surface area contributed by atoms with E-state index in [0.717, 1.165) is 6.55 Å². The van der Waals surface area contributed by atoms with Gasteiger partial charge in [-0.15, -0.1) is 0 Å². The Morgan fingerprint density at radius 1 is 0.294 bits per heavy atom. The Kier molecular flexibility index (Phi) is 32.4. The van der Waals surface area contributed by atoms with Crippen LogP contribution in [0.5, 0.6) is 0 Å². The molecule has 0 fully saturated rings. The molecule has 0 heterocycles. The van der Waals surface area contributed by atoms with Gasteiger partial charge in [0.1, 0.15) is 0 Å². The maximum absolute atomic E-state index is 12.8. The van der Waals surface area contributed by atoms with Crippen molar-refractivity contribution in [2.24, 2.45) is 0 Å². The van der Waals surface area contributed by atoms with Gasteiger partial charge in [-0.05, 0) is 45.8 Å². The molecule has 358 valence electrons. The number of hydrogen-bond acceptors (Lipinski definition) is 29. The molecule has 0 N–H and O–H groups in total. The summed E-state index contributed by atoms with van der Waals surface area (Å²) in [5, 5.41) is 0. The van der Waals surface area contributed by atoms with E-state index in [1.54, 1.807) is 26.2 Å². The minimum atomic E-state index is -4.58. The second-order valence-electron chi connectivity index (χ2n) is 13.8. The fourth-order valence-corrected chi connectivity index (χ4v) is 347. The van der Waals surface area contributed by atoms with Crippen molar-refractivity contribution < 1.29 is 128 Å². The van der Waals surface area contributed by atoms with Crippen molar-refractivity contribution in [3.05, 3.63) is 0 Å². The SMILES string of the molecule is C[SiH](C)O[SiH2][Si](=O)[Si](=O)[Si](=O)[Si](=O)[Si](=O)[SiH](C)O[SiH2][Si](=O)[Si](=O)[Si](=O)[Si](=O)[Si](=O)[Si](=O)[Si](=O)[Si](=O)[Si](=O)[Si](=O)[Si](=O)[Si](=O)[Si](=O)[Si](=O)[Si](=O)[Si](=O)[Si](=O)[Si](=O)[Si](=O)[Si](=O)[Si](=O)[Si](C)(C)O[SiH](C)C. The molecule has 0 saturated heterocycles. The predicted molar refractivity (Wildman–Crippen MR) is 256 cm³/mol. The maximum atomic E-state index is 12.8. The van der Waals surface area contributed by atoms with E-state index in [0.29, 0.717) is 0 Å². The lowest BCUT2D eigenvalue weighted by Gasteiger charge is -2.21. The smallest absolute Gasteiger partial charge is 0.381 e. The van der Waals surface area contributed by atoms with Gasteiger partial charge >= 0.3 is 201 Å². The van der Waals surface area contributed by atoms with Gasteiger partial charge in [0.15, 0.2) is 18.1 Å². The molecule has 0 aromatic rings. The van der Waals surface area contributed by atoms with Crippen LogP contribution in [-0.2, 0) is 128 Å². The first-order chi connectivity index (χ1) is 30.9. The predicted octanol–water partition coefficient (Wildman–Crippen LogP) is -13.3. The molecule has 1 unspecified atom stereocenters. The Labute approximate surface area is 423 Å². The average molecular weight is 1480 g/mol. The Morgan fingerprint density at radius 2 is 0.515 bits per heavy atom. The van der Waals surface area contributed by atoms with E-state index < -0.39 is 254 Å². The molecule has 0 aliphatic rings. The van der Waals surface area contributed by atoms with Crippen LogP contribution < -0.4 is 0 Å². The molecule has 0 radical (unpaired) electrons. The van der Waals surface area contributed by atoms with Crippen LogP contribution >= 0.6 is 0 Å². The first-order valence-corrected chi connectivity index (χ1v) is 97.3. The van der Waals surface area contributed by atoms with Crippen molar-refractivity contribution in [3.8, 4) is 0 Å². The normalized spacial score (nSPS) is 11.5. The number of rotatable bonds is 34. The third-order valence-corrected chi connectivity index (χ3v) is 242. The topological polar surface area (TPSA) is 472 Å². The third-order valence-electron chi connectivity index (χ3n) is 7.52. The van der Waals surface area contributed by atoms with E-state index >= 15 is 0 Å². The highest BCUT2D eigenvalue weighted by atomic mass is 30.1. The zero-order valence-corrected chi connectivity index (χ0v) is 68.8. The molecule has 0 amide bonds. The van der Waals surface area contributed by atoms with Gasteiger partial charge in [0.2, 0.25) is 35.0 Å². The average Bonchev–Trinajstić information content (AvgIpc) is 3.30. The summed E-state index contributed by atoms with van der Waals surface area (Å²) in [5.41, 5.74) is 0. The molecule has 68 heavy (non-hydrogen) atoms. The van der Waals surface area contributed by atoms with Crippen LogP contribution in [0.4, 0.5) is 0 Å². The summed E-state index contributed by atoms with van der Waals surface area (Å²) in [4.78, 5) is 0. The quantitative estimate of drug-likeness (QED) is 0.0540. The molecule has 0 aliphatic carbocycles. The fourth-order valence-electron chi connectivity index (χ4n) is 4.07. The van der Waals surface area contributed by atoms with Crippen LogP contribution in [0.1, 0.15) is 0 Å². The number of hydrogen-bond donors (Lipinski definition) is 0. The summed E-state index contributed by atoms with van der Waals surface area (Å²) in [6, 6.07) is 0. The summed E-state index contributed by atoms with van der Waals surface area (Å²) in [5.74, 6) is 0. The maximum Gasteiger partial charge on any atom is 0.381 e. The zero-order chi connectivity index (χ0) is 53.8. The first-order valence-electron chi connectivity index (χ1n) is 17.9. The van der Waals surface area contributed by atoms with Gasteiger partial charge < -0.3 is 128 Å². The van der Waals surface area contributed by atoms with E-state index in [1.807, 2.05) is 0 Å². The van der Waals surface area contributed by atoms with Gasteiger partial charge in [-0.25, -0.2) is 0 Å². The van der Waals surface area contributed by atoms with Crippen molar-refractivity contribution in [3.63, 3.8) is 0 Å². The van der Waals surface area contributed by atoms with Crippen LogP contribution in [0.15, 0.2) is 0 Å². The molecule has 0 spiro atoms. The van der Waals surface area contributed by atoms with Crippen LogP contribution in [-0.4, -0.2) is 254 Å². The van der Waals surface area contributed by atoms with Gasteiger partial charge in [-0.1, -0.05) is 0 Å². The Morgan fingerprint density at radius 3 is 0.765 bits per heavy atom. The molecule has 0 saturated carbocycles. The van der Waals surface area contributed by atoms with E-state index in [4.69, 9.17) is 12.3 Å². The molecule has 29 nitrogen and oxygen atoms in total. The molecule has 0 aliphatic heterocycles. The van der Waals surface area contributed by atoms with Gasteiger partial charge in [0.05, 0.1) is 0 Å². The lowest BCUT2D eigenvalue weighted by molar-refractivity contribution is 0.531. The lowest BCUT2D eigenvalue weighted by atomic mass is 11.9. The van der Waals surface area contributed by atoms with Crippen LogP contribution in [0.25, 0.3) is 0 Å². The van der Waals surface area contributed by atoms with Crippen LogP contribution in [0.3, 0.4) is 0 Å². The van der Waals surface area contributed by atoms with Crippen LogP contribution in [0, 0.1) is 0 Å². The third kappa shape index (κ3) is 20.0. The highest BCUT2D eigenvalue weighted by Crippen LogP contribution is 2.07. The van der Waals surface area contributed by atoms with Gasteiger partial charge in [0, 0.05) is 0 Å². The Hall–Kier alpha value is 1.62. The summed E-state index contributed by atoms with van der Waals surface area (Å²) in [6.07, 6.45) is 0. The first kappa shape index (κ1) is 69.6. The summed E-state index contributed by atoms with van der Waals surface area (Å²) in [6.45, 7) is 10.7. The summed E-state index contributed by atoms with van der Waals surface area (Å²) < 4.78 is 346.